The molecule has 0 bridgehead atoms. The maximum Gasteiger partial charge on any atom is 0.191 e. The fourth-order valence-corrected chi connectivity index (χ4v) is 2.21. The Kier molecular flexibility index (Phi) is 9.76. The number of halogens is 1. The van der Waals surface area contributed by atoms with E-state index < -0.39 is 0 Å². The summed E-state index contributed by atoms with van der Waals surface area (Å²) in [4.78, 5) is 4.62. The highest BCUT2D eigenvalue weighted by molar-refractivity contribution is 14.0. The summed E-state index contributed by atoms with van der Waals surface area (Å²) in [6.45, 7) is 4.16. The Morgan fingerprint density at radius 2 is 1.64 bits per heavy atom. The molecule has 0 saturated heterocycles. The van der Waals surface area contributed by atoms with Crippen molar-refractivity contribution in [2.75, 3.05) is 20.8 Å². The van der Waals surface area contributed by atoms with E-state index in [1.54, 1.807) is 14.2 Å². The number of guanidine groups is 1. The lowest BCUT2D eigenvalue weighted by molar-refractivity contribution is 0.414. The van der Waals surface area contributed by atoms with Crippen molar-refractivity contribution in [2.24, 2.45) is 4.99 Å². The number of hydrogen-bond donors (Lipinski definition) is 2. The second-order valence-electron chi connectivity index (χ2n) is 5.25. The van der Waals surface area contributed by atoms with Crippen LogP contribution in [0.3, 0.4) is 0 Å². The Morgan fingerprint density at radius 3 is 2.28 bits per heavy atom. The molecule has 0 aliphatic rings. The van der Waals surface area contributed by atoms with Gasteiger partial charge < -0.3 is 20.1 Å². The van der Waals surface area contributed by atoms with Crippen LogP contribution in [0.5, 0.6) is 11.5 Å². The molecule has 0 spiro atoms. The van der Waals surface area contributed by atoms with Gasteiger partial charge in [0.1, 0.15) is 11.5 Å². The minimum atomic E-state index is 0. The van der Waals surface area contributed by atoms with Gasteiger partial charge >= 0.3 is 0 Å². The van der Waals surface area contributed by atoms with E-state index >= 15 is 0 Å². The molecule has 0 fully saturated rings. The number of nitrogens with one attached hydrogen (secondary N) is 2. The minimum absolute atomic E-state index is 0. The van der Waals surface area contributed by atoms with Gasteiger partial charge in [-0.25, -0.2) is 4.99 Å². The van der Waals surface area contributed by atoms with Crippen LogP contribution in [0.15, 0.2) is 53.5 Å². The Labute approximate surface area is 166 Å². The molecule has 0 aliphatic heterocycles. The zero-order valence-corrected chi connectivity index (χ0v) is 17.2. The van der Waals surface area contributed by atoms with Crippen LogP contribution in [0.2, 0.25) is 0 Å². The zero-order chi connectivity index (χ0) is 17.2. The molecule has 0 aliphatic carbocycles. The standard InChI is InChI=1S/C19H25N3O2.HI/c1-4-20-19(21-13-15-8-10-17(23-2)11-9-15)22-14-16-6-5-7-18(12-16)24-3;/h5-12H,4,13-14H2,1-3H3,(H2,20,21,22);1H. The summed E-state index contributed by atoms with van der Waals surface area (Å²) in [7, 11) is 3.34. The molecule has 0 aromatic heterocycles. The highest BCUT2D eigenvalue weighted by Crippen LogP contribution is 2.13. The first-order chi connectivity index (χ1) is 11.7. The number of rotatable bonds is 7. The first-order valence-corrected chi connectivity index (χ1v) is 8.03. The van der Waals surface area contributed by atoms with Gasteiger partial charge in [-0.3, -0.25) is 0 Å². The van der Waals surface area contributed by atoms with Gasteiger partial charge in [0.05, 0.1) is 20.8 Å². The van der Waals surface area contributed by atoms with Crippen LogP contribution in [0.25, 0.3) is 0 Å². The topological polar surface area (TPSA) is 54.9 Å². The highest BCUT2D eigenvalue weighted by atomic mass is 127. The molecule has 2 rings (SSSR count). The number of benzene rings is 2. The smallest absolute Gasteiger partial charge is 0.191 e. The van der Waals surface area contributed by atoms with E-state index in [2.05, 4.69) is 22.5 Å². The first kappa shape index (κ1) is 21.1. The van der Waals surface area contributed by atoms with Gasteiger partial charge in [0.15, 0.2) is 5.96 Å². The summed E-state index contributed by atoms with van der Waals surface area (Å²) in [6.07, 6.45) is 0. The molecule has 25 heavy (non-hydrogen) atoms. The molecule has 0 radical (unpaired) electrons. The van der Waals surface area contributed by atoms with Crippen LogP contribution in [-0.2, 0) is 13.1 Å². The van der Waals surface area contributed by atoms with Crippen molar-refractivity contribution in [3.8, 4) is 11.5 Å². The van der Waals surface area contributed by atoms with E-state index in [9.17, 15) is 0 Å². The summed E-state index contributed by atoms with van der Waals surface area (Å²) in [5.74, 6) is 2.49. The SMILES string of the molecule is CCNC(=NCc1cccc(OC)c1)NCc1ccc(OC)cc1.I. The van der Waals surface area contributed by atoms with Crippen molar-refractivity contribution in [2.45, 2.75) is 20.0 Å². The van der Waals surface area contributed by atoms with Crippen molar-refractivity contribution >= 4 is 29.9 Å². The van der Waals surface area contributed by atoms with Crippen LogP contribution in [0.1, 0.15) is 18.1 Å². The van der Waals surface area contributed by atoms with Crippen LogP contribution in [-0.4, -0.2) is 26.7 Å². The summed E-state index contributed by atoms with van der Waals surface area (Å²) >= 11 is 0. The Bertz CT molecular complexity index is 660. The first-order valence-electron chi connectivity index (χ1n) is 8.03. The van der Waals surface area contributed by atoms with Gasteiger partial charge in [-0.15, -0.1) is 24.0 Å². The summed E-state index contributed by atoms with van der Waals surface area (Å²) in [6, 6.07) is 15.9. The third kappa shape index (κ3) is 7.21. The van der Waals surface area contributed by atoms with Gasteiger partial charge in [0, 0.05) is 13.1 Å². The third-order valence-corrected chi connectivity index (χ3v) is 3.52. The van der Waals surface area contributed by atoms with Crippen LogP contribution >= 0.6 is 24.0 Å². The van der Waals surface area contributed by atoms with Crippen molar-refractivity contribution in [3.63, 3.8) is 0 Å². The molecular formula is C19H26IN3O2. The average molecular weight is 455 g/mol. The second-order valence-corrected chi connectivity index (χ2v) is 5.25. The van der Waals surface area contributed by atoms with Gasteiger partial charge in [-0.1, -0.05) is 24.3 Å². The summed E-state index contributed by atoms with van der Waals surface area (Å²) < 4.78 is 10.4. The fraction of sp³-hybridized carbons (Fsp3) is 0.316. The molecule has 5 nitrogen and oxygen atoms in total. The fourth-order valence-electron chi connectivity index (χ4n) is 2.21. The van der Waals surface area contributed by atoms with Gasteiger partial charge in [0.2, 0.25) is 0 Å². The van der Waals surface area contributed by atoms with Crippen molar-refractivity contribution in [1.29, 1.82) is 0 Å². The number of aliphatic imine (C=N–C) groups is 1. The number of ether oxygens (including phenoxy) is 2. The van der Waals surface area contributed by atoms with Gasteiger partial charge in [0.25, 0.3) is 0 Å². The monoisotopic (exact) mass is 455 g/mol. The van der Waals surface area contributed by atoms with E-state index in [1.807, 2.05) is 48.5 Å². The van der Waals surface area contributed by atoms with E-state index in [-0.39, 0.29) is 24.0 Å². The summed E-state index contributed by atoms with van der Waals surface area (Å²) in [5.41, 5.74) is 2.28. The van der Waals surface area contributed by atoms with E-state index in [1.165, 1.54) is 5.56 Å². The molecule has 2 aromatic carbocycles. The Hall–Kier alpha value is -1.96. The molecule has 0 amide bonds. The molecule has 2 aromatic rings. The van der Waals surface area contributed by atoms with E-state index in [0.29, 0.717) is 13.1 Å². The molecular weight excluding hydrogens is 429 g/mol. The zero-order valence-electron chi connectivity index (χ0n) is 14.9. The van der Waals surface area contributed by atoms with Crippen LogP contribution in [0, 0.1) is 0 Å². The van der Waals surface area contributed by atoms with Crippen LogP contribution in [0.4, 0.5) is 0 Å². The Balaban J connectivity index is 0.00000312. The van der Waals surface area contributed by atoms with E-state index in [0.717, 1.165) is 29.6 Å². The Morgan fingerprint density at radius 1 is 0.920 bits per heavy atom. The number of hydrogen-bond acceptors (Lipinski definition) is 3. The lowest BCUT2D eigenvalue weighted by atomic mass is 10.2. The van der Waals surface area contributed by atoms with Crippen molar-refractivity contribution < 1.29 is 9.47 Å². The highest BCUT2D eigenvalue weighted by Gasteiger charge is 2.00. The van der Waals surface area contributed by atoms with Gasteiger partial charge in [-0.05, 0) is 42.3 Å². The van der Waals surface area contributed by atoms with E-state index in [4.69, 9.17) is 9.47 Å². The minimum Gasteiger partial charge on any atom is -0.497 e. The molecule has 0 heterocycles. The van der Waals surface area contributed by atoms with Crippen molar-refractivity contribution in [3.05, 3.63) is 59.7 Å². The molecule has 2 N–H and O–H groups in total. The van der Waals surface area contributed by atoms with Gasteiger partial charge in [-0.2, -0.15) is 0 Å². The quantitative estimate of drug-likeness (QED) is 0.381. The second kappa shape index (κ2) is 11.6. The maximum atomic E-state index is 5.24. The molecule has 0 unspecified atom stereocenters. The summed E-state index contributed by atoms with van der Waals surface area (Å²) in [5, 5.41) is 6.60. The average Bonchev–Trinajstić information content (AvgIpc) is 2.64. The third-order valence-electron chi connectivity index (χ3n) is 3.52. The largest absolute Gasteiger partial charge is 0.497 e. The normalized spacial score (nSPS) is 10.6. The molecule has 6 heteroatoms. The molecule has 0 saturated carbocycles. The predicted octanol–water partition coefficient (Wildman–Crippen LogP) is 3.58. The lowest BCUT2D eigenvalue weighted by Crippen LogP contribution is -2.36. The maximum absolute atomic E-state index is 5.24. The number of nitrogens with zero attached hydrogens (tertiary/aromatic N) is 1. The number of methoxy groups -OCH3 is 2. The molecule has 136 valence electrons. The predicted molar refractivity (Wildman–Crippen MR) is 113 cm³/mol. The lowest BCUT2D eigenvalue weighted by Gasteiger charge is -2.12. The van der Waals surface area contributed by atoms with Crippen molar-refractivity contribution in [1.82, 2.24) is 10.6 Å². The van der Waals surface area contributed by atoms with Crippen LogP contribution < -0.4 is 20.1 Å². The molecule has 0 atom stereocenters.